The fourth-order valence-electron chi connectivity index (χ4n) is 11.7. The van der Waals surface area contributed by atoms with Crippen molar-refractivity contribution in [2.24, 2.45) is 0 Å². The lowest BCUT2D eigenvalue weighted by Gasteiger charge is -2.26. The third kappa shape index (κ3) is 5.54. The Balaban J connectivity index is 0.913. The Kier molecular flexibility index (Phi) is 8.07. The minimum absolute atomic E-state index is 0.866. The highest BCUT2D eigenvalue weighted by molar-refractivity contribution is 6.29. The summed E-state index contributed by atoms with van der Waals surface area (Å²) in [4.78, 5) is 2.34. The smallest absolute Gasteiger partial charge is 0.145 e. The standard InChI is InChI=1S/C66H39N3O3/c1-3-14-41(15-4-1)67(43-28-26-40(27-29-43)46-21-13-22-49-47-18-8-12-25-60(47)71-64(46)49)44-30-34-56-54(39-44)63-58(68(56)42-16-5-2-6-17-42)36-33-51-50-32-35-57-62(65(50)72-66(51)63)52-20-7-10-23-55(52)69(57)45-31-37-61-53(38-45)48-19-9-11-24-59(48)70-61/h1-39H. The van der Waals surface area contributed by atoms with Gasteiger partial charge >= 0.3 is 0 Å². The van der Waals surface area contributed by atoms with Crippen LogP contribution in [0.3, 0.4) is 0 Å². The average molecular weight is 922 g/mol. The molecule has 6 nitrogen and oxygen atoms in total. The number of rotatable bonds is 6. The van der Waals surface area contributed by atoms with Crippen LogP contribution in [0, 0.1) is 0 Å². The van der Waals surface area contributed by atoms with E-state index < -0.39 is 0 Å². The molecule has 16 aromatic rings. The van der Waals surface area contributed by atoms with Gasteiger partial charge in [0.15, 0.2) is 0 Å². The number of anilines is 3. The molecular formula is C66H39N3O3. The van der Waals surface area contributed by atoms with Gasteiger partial charge in [-0.1, -0.05) is 121 Å². The second kappa shape index (κ2) is 14.9. The number of nitrogens with zero attached hydrogens (tertiary/aromatic N) is 3. The first-order chi connectivity index (χ1) is 35.7. The molecule has 5 heterocycles. The molecule has 0 saturated carbocycles. The van der Waals surface area contributed by atoms with Gasteiger partial charge in [-0.05, 0) is 121 Å². The summed E-state index contributed by atoms with van der Waals surface area (Å²) in [6, 6.07) is 84.1. The molecule has 0 aliphatic carbocycles. The van der Waals surface area contributed by atoms with Crippen LogP contribution in [0.4, 0.5) is 17.1 Å². The number of furan rings is 3. The van der Waals surface area contributed by atoms with E-state index in [1.54, 1.807) is 0 Å². The molecular weight excluding hydrogens is 883 g/mol. The summed E-state index contributed by atoms with van der Waals surface area (Å²) in [5.41, 5.74) is 17.1. The minimum Gasteiger partial charge on any atom is -0.456 e. The number of fused-ring (bicyclic) bond motifs is 17. The van der Waals surface area contributed by atoms with Crippen molar-refractivity contribution in [3.05, 3.63) is 237 Å². The molecule has 0 amide bonds. The Morgan fingerprint density at radius 1 is 0.278 bits per heavy atom. The molecule has 0 N–H and O–H groups in total. The third-order valence-electron chi connectivity index (χ3n) is 14.9. The third-order valence-corrected chi connectivity index (χ3v) is 14.9. The Bertz CT molecular complexity index is 4860. The maximum absolute atomic E-state index is 7.42. The fraction of sp³-hybridized carbons (Fsp3) is 0. The van der Waals surface area contributed by atoms with Crippen LogP contribution in [-0.2, 0) is 0 Å². The highest BCUT2D eigenvalue weighted by Gasteiger charge is 2.24. The van der Waals surface area contributed by atoms with E-state index in [0.717, 1.165) is 149 Å². The van der Waals surface area contributed by atoms with Crippen LogP contribution in [-0.4, -0.2) is 9.13 Å². The normalized spacial score (nSPS) is 12.2. The first-order valence-corrected chi connectivity index (χ1v) is 24.4. The summed E-state index contributed by atoms with van der Waals surface area (Å²) in [5.74, 6) is 0. The quantitative estimate of drug-likeness (QED) is 0.167. The van der Waals surface area contributed by atoms with E-state index >= 15 is 0 Å². The van der Waals surface area contributed by atoms with E-state index in [4.69, 9.17) is 13.3 Å². The van der Waals surface area contributed by atoms with E-state index in [0.29, 0.717) is 0 Å². The van der Waals surface area contributed by atoms with E-state index in [-0.39, 0.29) is 0 Å². The lowest BCUT2D eigenvalue weighted by atomic mass is 10.0. The topological polar surface area (TPSA) is 52.5 Å². The van der Waals surface area contributed by atoms with E-state index in [9.17, 15) is 0 Å². The van der Waals surface area contributed by atoms with Gasteiger partial charge in [0.1, 0.15) is 33.5 Å². The highest BCUT2D eigenvalue weighted by Crippen LogP contribution is 2.47. The Morgan fingerprint density at radius 2 is 0.819 bits per heavy atom. The van der Waals surface area contributed by atoms with Gasteiger partial charge in [-0.25, -0.2) is 0 Å². The molecule has 0 radical (unpaired) electrons. The van der Waals surface area contributed by atoms with Crippen molar-refractivity contribution in [2.75, 3.05) is 4.90 Å². The van der Waals surface area contributed by atoms with Crippen LogP contribution in [0.2, 0.25) is 0 Å². The monoisotopic (exact) mass is 921 g/mol. The van der Waals surface area contributed by atoms with Gasteiger partial charge in [0, 0.05) is 77.1 Å². The predicted molar refractivity (Wildman–Crippen MR) is 297 cm³/mol. The molecule has 336 valence electrons. The maximum Gasteiger partial charge on any atom is 0.145 e. The van der Waals surface area contributed by atoms with Crippen LogP contribution in [0.15, 0.2) is 250 Å². The first kappa shape index (κ1) is 39.1. The van der Waals surface area contributed by atoms with Crippen molar-refractivity contribution in [1.82, 2.24) is 9.13 Å². The Hall–Kier alpha value is -9.78. The first-order valence-electron chi connectivity index (χ1n) is 24.4. The molecule has 0 fully saturated rings. The van der Waals surface area contributed by atoms with Crippen LogP contribution in [0.1, 0.15) is 0 Å². The summed E-state index contributed by atoms with van der Waals surface area (Å²) in [6.07, 6.45) is 0. The zero-order chi connectivity index (χ0) is 47.0. The van der Waals surface area contributed by atoms with E-state index in [2.05, 4.69) is 226 Å². The Labute approximate surface area is 411 Å². The molecule has 72 heavy (non-hydrogen) atoms. The predicted octanol–water partition coefficient (Wildman–Crippen LogP) is 18.7. The molecule has 0 unspecified atom stereocenters. The van der Waals surface area contributed by atoms with Gasteiger partial charge < -0.3 is 27.3 Å². The molecule has 0 atom stereocenters. The van der Waals surface area contributed by atoms with Crippen molar-refractivity contribution in [1.29, 1.82) is 0 Å². The van der Waals surface area contributed by atoms with Crippen LogP contribution in [0.5, 0.6) is 0 Å². The lowest BCUT2D eigenvalue weighted by molar-refractivity contribution is 0.668. The van der Waals surface area contributed by atoms with Crippen LogP contribution < -0.4 is 4.90 Å². The molecule has 0 bridgehead atoms. The summed E-state index contributed by atoms with van der Waals surface area (Å²) < 4.78 is 24.9. The SMILES string of the molecule is c1ccc(N(c2ccc(-c3cccc4c3oc3ccccc34)cc2)c2ccc3c(c2)c2c4oc5c(ccc6c5c5ccccc5n6-c5ccc6oc7ccccc7c6c5)c4ccc2n3-c2ccccc2)cc1. The zero-order valence-corrected chi connectivity index (χ0v) is 38.6. The van der Waals surface area contributed by atoms with Gasteiger partial charge in [0.05, 0.1) is 32.8 Å². The van der Waals surface area contributed by atoms with Crippen molar-refractivity contribution in [2.45, 2.75) is 0 Å². The molecule has 0 spiro atoms. The largest absolute Gasteiger partial charge is 0.456 e. The molecule has 6 heteroatoms. The molecule has 5 aromatic heterocycles. The molecule has 11 aromatic carbocycles. The summed E-state index contributed by atoms with van der Waals surface area (Å²) >= 11 is 0. The summed E-state index contributed by atoms with van der Waals surface area (Å²) in [6.45, 7) is 0. The maximum atomic E-state index is 7.42. The van der Waals surface area contributed by atoms with Crippen molar-refractivity contribution < 1.29 is 13.3 Å². The van der Waals surface area contributed by atoms with Crippen molar-refractivity contribution in [3.63, 3.8) is 0 Å². The van der Waals surface area contributed by atoms with Crippen LogP contribution >= 0.6 is 0 Å². The zero-order valence-electron chi connectivity index (χ0n) is 38.6. The number of hydrogen-bond acceptors (Lipinski definition) is 4. The number of aromatic nitrogens is 2. The van der Waals surface area contributed by atoms with Gasteiger partial charge in [-0.15, -0.1) is 0 Å². The number of hydrogen-bond donors (Lipinski definition) is 0. The lowest BCUT2D eigenvalue weighted by Crippen LogP contribution is -2.09. The summed E-state index contributed by atoms with van der Waals surface area (Å²) in [5, 5.41) is 11.0. The Morgan fingerprint density at radius 3 is 1.58 bits per heavy atom. The van der Waals surface area contributed by atoms with Gasteiger partial charge in [0.2, 0.25) is 0 Å². The summed E-state index contributed by atoms with van der Waals surface area (Å²) in [7, 11) is 0. The molecule has 0 aliphatic rings. The fourth-order valence-corrected chi connectivity index (χ4v) is 11.7. The molecule has 0 aliphatic heterocycles. The van der Waals surface area contributed by atoms with Crippen molar-refractivity contribution in [3.8, 4) is 22.5 Å². The molecule has 0 saturated heterocycles. The van der Waals surface area contributed by atoms with E-state index in [1.165, 1.54) is 0 Å². The molecule has 16 rings (SSSR count). The second-order valence-electron chi connectivity index (χ2n) is 18.8. The average Bonchev–Trinajstić information content (AvgIpc) is 4.26. The van der Waals surface area contributed by atoms with Gasteiger partial charge in [-0.3, -0.25) is 0 Å². The second-order valence-corrected chi connectivity index (χ2v) is 18.8. The van der Waals surface area contributed by atoms with Crippen LogP contribution in [0.25, 0.3) is 132 Å². The number of benzene rings is 11. The minimum atomic E-state index is 0.866. The van der Waals surface area contributed by atoms with Crippen molar-refractivity contribution >= 4 is 126 Å². The van der Waals surface area contributed by atoms with Gasteiger partial charge in [-0.2, -0.15) is 0 Å². The van der Waals surface area contributed by atoms with Gasteiger partial charge in [0.25, 0.3) is 0 Å². The highest BCUT2D eigenvalue weighted by atomic mass is 16.3. The number of para-hydroxylation sites is 6. The van der Waals surface area contributed by atoms with E-state index in [1.807, 2.05) is 24.3 Å².